The maximum absolute atomic E-state index is 12.1. The zero-order chi connectivity index (χ0) is 18.4. The molecule has 1 aromatic carbocycles. The standard InChI is InChI=1S/C19H19N5OS/c1-10-6-7-13(9-11(10)2)18-22-19-21-12(3)15(17(20)25)16(24(19)23-18)14-5-4-8-26-14/h4-9,16H,1-3H3,(H2,20,25)(H,21,22,23). The predicted octanol–water partition coefficient (Wildman–Crippen LogP) is 3.40. The third kappa shape index (κ3) is 2.61. The molecule has 4 rings (SSSR count). The highest BCUT2D eigenvalue weighted by molar-refractivity contribution is 7.10. The highest BCUT2D eigenvalue weighted by Crippen LogP contribution is 2.37. The van der Waals surface area contributed by atoms with Gasteiger partial charge >= 0.3 is 0 Å². The van der Waals surface area contributed by atoms with Crippen LogP contribution in [0.2, 0.25) is 0 Å². The van der Waals surface area contributed by atoms with Gasteiger partial charge in [0.05, 0.1) is 5.57 Å². The summed E-state index contributed by atoms with van der Waals surface area (Å²) in [6.45, 7) is 5.98. The van der Waals surface area contributed by atoms with Gasteiger partial charge in [0.15, 0.2) is 5.82 Å². The molecule has 0 aliphatic carbocycles. The zero-order valence-corrected chi connectivity index (χ0v) is 15.6. The van der Waals surface area contributed by atoms with E-state index in [4.69, 9.17) is 10.8 Å². The summed E-state index contributed by atoms with van der Waals surface area (Å²) in [6, 6.07) is 9.73. The molecule has 132 valence electrons. The van der Waals surface area contributed by atoms with Crippen LogP contribution in [0.3, 0.4) is 0 Å². The van der Waals surface area contributed by atoms with Crippen molar-refractivity contribution in [2.45, 2.75) is 26.8 Å². The minimum atomic E-state index is -0.456. The first kappa shape index (κ1) is 16.5. The van der Waals surface area contributed by atoms with Crippen molar-refractivity contribution in [1.29, 1.82) is 0 Å². The van der Waals surface area contributed by atoms with E-state index >= 15 is 0 Å². The van der Waals surface area contributed by atoms with Crippen molar-refractivity contribution in [2.24, 2.45) is 5.73 Å². The molecule has 0 bridgehead atoms. The lowest BCUT2D eigenvalue weighted by atomic mass is 10.0. The molecule has 1 unspecified atom stereocenters. The molecule has 3 N–H and O–H groups in total. The van der Waals surface area contributed by atoms with E-state index in [1.54, 1.807) is 16.0 Å². The number of hydrogen-bond donors (Lipinski definition) is 2. The summed E-state index contributed by atoms with van der Waals surface area (Å²) in [5.41, 5.74) is 10.2. The van der Waals surface area contributed by atoms with E-state index in [1.807, 2.05) is 30.5 Å². The number of allylic oxidation sites excluding steroid dienone is 1. The number of hydrogen-bond acceptors (Lipinski definition) is 5. The number of nitrogens with one attached hydrogen (secondary N) is 1. The van der Waals surface area contributed by atoms with Gasteiger partial charge < -0.3 is 11.1 Å². The second-order valence-electron chi connectivity index (χ2n) is 6.45. The number of rotatable bonds is 3. The lowest BCUT2D eigenvalue weighted by Crippen LogP contribution is -2.31. The molecule has 0 saturated heterocycles. The maximum atomic E-state index is 12.1. The van der Waals surface area contributed by atoms with Crippen LogP contribution < -0.4 is 11.1 Å². The quantitative estimate of drug-likeness (QED) is 0.745. The third-order valence-corrected chi connectivity index (χ3v) is 5.62. The van der Waals surface area contributed by atoms with Gasteiger partial charge in [-0.2, -0.15) is 4.98 Å². The van der Waals surface area contributed by atoms with Crippen LogP contribution >= 0.6 is 11.3 Å². The van der Waals surface area contributed by atoms with Crippen LogP contribution in [0, 0.1) is 13.8 Å². The fourth-order valence-corrected chi connectivity index (χ4v) is 4.00. The average Bonchev–Trinajstić information content (AvgIpc) is 3.25. The van der Waals surface area contributed by atoms with Crippen molar-refractivity contribution in [3.8, 4) is 11.4 Å². The predicted molar refractivity (Wildman–Crippen MR) is 103 cm³/mol. The van der Waals surface area contributed by atoms with Crippen molar-refractivity contribution < 1.29 is 4.79 Å². The molecule has 6 nitrogen and oxygen atoms in total. The number of nitrogens with two attached hydrogens (primary N) is 1. The first-order valence-corrected chi connectivity index (χ1v) is 9.19. The number of aryl methyl sites for hydroxylation is 2. The fourth-order valence-electron chi connectivity index (χ4n) is 3.18. The summed E-state index contributed by atoms with van der Waals surface area (Å²) in [6.07, 6.45) is 0. The molecule has 2 aromatic heterocycles. The number of aromatic nitrogens is 3. The number of benzene rings is 1. The Bertz CT molecular complexity index is 1030. The van der Waals surface area contributed by atoms with Crippen LogP contribution in [0.1, 0.15) is 29.0 Å². The van der Waals surface area contributed by atoms with Gasteiger partial charge in [0.2, 0.25) is 11.9 Å². The number of amides is 1. The van der Waals surface area contributed by atoms with Crippen molar-refractivity contribution in [3.05, 3.63) is 63.0 Å². The number of fused-ring (bicyclic) bond motifs is 1. The van der Waals surface area contributed by atoms with Gasteiger partial charge in [-0.05, 0) is 49.4 Å². The van der Waals surface area contributed by atoms with Crippen LogP contribution in [-0.2, 0) is 4.79 Å². The second-order valence-corrected chi connectivity index (χ2v) is 7.43. The van der Waals surface area contributed by atoms with Crippen molar-refractivity contribution in [2.75, 3.05) is 5.32 Å². The molecule has 0 spiro atoms. The fraction of sp³-hybridized carbons (Fsp3) is 0.211. The molecule has 3 aromatic rings. The molecule has 1 amide bonds. The number of thiophene rings is 1. The summed E-state index contributed by atoms with van der Waals surface area (Å²) in [5, 5.41) is 9.85. The van der Waals surface area contributed by atoms with E-state index in [9.17, 15) is 4.79 Å². The number of anilines is 1. The summed E-state index contributed by atoms with van der Waals surface area (Å²) in [5.74, 6) is 0.775. The van der Waals surface area contributed by atoms with Gasteiger partial charge in [-0.25, -0.2) is 4.68 Å². The topological polar surface area (TPSA) is 85.8 Å². The van der Waals surface area contributed by atoms with Gasteiger partial charge in [0.25, 0.3) is 0 Å². The lowest BCUT2D eigenvalue weighted by Gasteiger charge is -2.26. The van der Waals surface area contributed by atoms with Crippen LogP contribution in [0.25, 0.3) is 11.4 Å². The number of carbonyl (C=O) groups excluding carboxylic acids is 1. The summed E-state index contributed by atoms with van der Waals surface area (Å²) in [4.78, 5) is 17.8. The van der Waals surface area contributed by atoms with E-state index < -0.39 is 5.91 Å². The monoisotopic (exact) mass is 365 g/mol. The summed E-state index contributed by atoms with van der Waals surface area (Å²) in [7, 11) is 0. The number of carbonyl (C=O) groups is 1. The van der Waals surface area contributed by atoms with E-state index in [0.717, 1.165) is 10.4 Å². The molecule has 0 radical (unpaired) electrons. The molecular formula is C19H19N5OS. The SMILES string of the molecule is CC1=C(C(N)=O)C(c2cccs2)n2nc(-c3ccc(C)c(C)c3)nc2N1. The molecule has 1 atom stereocenters. The minimum Gasteiger partial charge on any atom is -0.366 e. The van der Waals surface area contributed by atoms with Crippen molar-refractivity contribution >= 4 is 23.2 Å². The van der Waals surface area contributed by atoms with Crippen molar-refractivity contribution in [1.82, 2.24) is 14.8 Å². The second kappa shape index (κ2) is 6.10. The molecule has 0 saturated carbocycles. The average molecular weight is 365 g/mol. The molecular weight excluding hydrogens is 346 g/mol. The van der Waals surface area contributed by atoms with Crippen LogP contribution in [-0.4, -0.2) is 20.7 Å². The Balaban J connectivity index is 1.86. The maximum Gasteiger partial charge on any atom is 0.248 e. The molecule has 26 heavy (non-hydrogen) atoms. The Labute approximate surface area is 155 Å². The van der Waals surface area contributed by atoms with Crippen LogP contribution in [0.4, 0.5) is 5.95 Å². The molecule has 0 fully saturated rings. The van der Waals surface area contributed by atoms with E-state index in [2.05, 4.69) is 36.3 Å². The Morgan fingerprint density at radius 3 is 2.69 bits per heavy atom. The highest BCUT2D eigenvalue weighted by Gasteiger charge is 2.33. The van der Waals surface area contributed by atoms with Crippen molar-refractivity contribution in [3.63, 3.8) is 0 Å². The number of nitrogens with zero attached hydrogens (tertiary/aromatic N) is 3. The molecule has 1 aliphatic heterocycles. The Hall–Kier alpha value is -2.93. The smallest absolute Gasteiger partial charge is 0.248 e. The van der Waals surface area contributed by atoms with E-state index in [1.165, 1.54) is 11.1 Å². The third-order valence-electron chi connectivity index (χ3n) is 4.70. The zero-order valence-electron chi connectivity index (χ0n) is 14.8. The molecule has 7 heteroatoms. The number of primary amides is 1. The summed E-state index contributed by atoms with van der Waals surface area (Å²) >= 11 is 1.57. The lowest BCUT2D eigenvalue weighted by molar-refractivity contribution is -0.115. The largest absolute Gasteiger partial charge is 0.366 e. The van der Waals surface area contributed by atoms with E-state index in [0.29, 0.717) is 23.0 Å². The first-order chi connectivity index (χ1) is 12.5. The van der Waals surface area contributed by atoms with Crippen LogP contribution in [0.15, 0.2) is 47.0 Å². The molecule has 1 aliphatic rings. The first-order valence-electron chi connectivity index (χ1n) is 8.31. The minimum absolute atomic E-state index is 0.364. The normalized spacial score (nSPS) is 16.3. The van der Waals surface area contributed by atoms with Gasteiger partial charge in [0.1, 0.15) is 6.04 Å². The summed E-state index contributed by atoms with van der Waals surface area (Å²) < 4.78 is 1.75. The highest BCUT2D eigenvalue weighted by atomic mass is 32.1. The van der Waals surface area contributed by atoms with E-state index in [-0.39, 0.29) is 6.04 Å². The Morgan fingerprint density at radius 2 is 2.04 bits per heavy atom. The molecule has 3 heterocycles. The van der Waals surface area contributed by atoms with Crippen LogP contribution in [0.5, 0.6) is 0 Å². The van der Waals surface area contributed by atoms with Gasteiger partial charge in [-0.3, -0.25) is 4.79 Å². The van der Waals surface area contributed by atoms with Gasteiger partial charge in [0, 0.05) is 16.1 Å². The van der Waals surface area contributed by atoms with Gasteiger partial charge in [-0.15, -0.1) is 16.4 Å². The Kier molecular flexibility index (Phi) is 3.88. The Morgan fingerprint density at radius 1 is 1.23 bits per heavy atom. The van der Waals surface area contributed by atoms with Gasteiger partial charge in [-0.1, -0.05) is 18.2 Å².